The van der Waals surface area contributed by atoms with E-state index in [0.717, 1.165) is 56.9 Å². The van der Waals surface area contributed by atoms with Crippen molar-refractivity contribution in [3.05, 3.63) is 36.0 Å². The summed E-state index contributed by atoms with van der Waals surface area (Å²) >= 11 is 0. The lowest BCUT2D eigenvalue weighted by atomic mass is 9.73. The molecule has 1 unspecified atom stereocenters. The molecule has 3 N–H and O–H groups in total. The van der Waals surface area contributed by atoms with Crippen LogP contribution >= 0.6 is 0 Å². The van der Waals surface area contributed by atoms with Crippen LogP contribution in [0, 0.1) is 23.7 Å². The van der Waals surface area contributed by atoms with Crippen LogP contribution in [0.4, 0.5) is 4.39 Å². The number of hydrogen-bond acceptors (Lipinski definition) is 2. The summed E-state index contributed by atoms with van der Waals surface area (Å²) in [7, 11) is 0. The quantitative estimate of drug-likeness (QED) is 0.358. The van der Waals surface area contributed by atoms with E-state index in [9.17, 15) is 9.50 Å². The molecule has 1 aliphatic carbocycles. The monoisotopic (exact) mass is 393 g/mol. The predicted molar refractivity (Wildman–Crippen MR) is 120 cm³/mol. The Hall–Kier alpha value is -0.930. The Bertz CT molecular complexity index is 509. The van der Waals surface area contributed by atoms with Crippen molar-refractivity contribution in [3.8, 4) is 0 Å². The number of allylic oxidation sites excluding steroid dienone is 4. The summed E-state index contributed by atoms with van der Waals surface area (Å²) in [6.45, 7) is 11.9. The minimum Gasteiger partial charge on any atom is -0.393 e. The first-order valence-corrected chi connectivity index (χ1v) is 11.3. The number of hydrogen-bond donors (Lipinski definition) is 2. The average Bonchev–Trinajstić information content (AvgIpc) is 2.65. The molecule has 6 atom stereocenters. The van der Waals surface area contributed by atoms with E-state index in [-0.39, 0.29) is 18.8 Å². The highest BCUT2D eigenvalue weighted by molar-refractivity contribution is 5.06. The lowest BCUT2D eigenvalue weighted by Gasteiger charge is -2.33. The summed E-state index contributed by atoms with van der Waals surface area (Å²) in [5.74, 6) is 1.98. The first-order valence-electron chi connectivity index (χ1n) is 11.3. The molecule has 0 saturated heterocycles. The van der Waals surface area contributed by atoms with E-state index in [1.165, 1.54) is 5.57 Å². The SMILES string of the molecule is C=C(C)CC/C(=C\CF)CCC(C[C@H](CC)[C@H]1C=C[C@@H]([C@H](C)O)CC1)[C@@H](C)N. The van der Waals surface area contributed by atoms with Gasteiger partial charge in [-0.1, -0.05) is 42.7 Å². The van der Waals surface area contributed by atoms with Crippen LogP contribution in [0.2, 0.25) is 0 Å². The molecule has 162 valence electrons. The van der Waals surface area contributed by atoms with Crippen molar-refractivity contribution < 1.29 is 9.50 Å². The van der Waals surface area contributed by atoms with E-state index in [0.29, 0.717) is 23.7 Å². The van der Waals surface area contributed by atoms with Gasteiger partial charge in [0.15, 0.2) is 0 Å². The molecule has 2 nitrogen and oxygen atoms in total. The third kappa shape index (κ3) is 9.05. The maximum atomic E-state index is 12.9. The second kappa shape index (κ2) is 13.3. The van der Waals surface area contributed by atoms with Gasteiger partial charge < -0.3 is 10.8 Å². The molecule has 28 heavy (non-hydrogen) atoms. The van der Waals surface area contributed by atoms with Crippen LogP contribution in [0.1, 0.15) is 79.1 Å². The molecule has 1 aliphatic rings. The van der Waals surface area contributed by atoms with Crippen molar-refractivity contribution in [3.63, 3.8) is 0 Å². The number of rotatable bonds is 13. The molecule has 3 heteroatoms. The normalized spacial score (nSPS) is 24.6. The molecule has 0 fully saturated rings. The Balaban J connectivity index is 2.67. The van der Waals surface area contributed by atoms with E-state index in [2.05, 4.69) is 32.6 Å². The fourth-order valence-electron chi connectivity index (χ4n) is 4.47. The van der Waals surface area contributed by atoms with Crippen molar-refractivity contribution in [1.82, 2.24) is 0 Å². The summed E-state index contributed by atoms with van der Waals surface area (Å²) in [5, 5.41) is 9.82. The van der Waals surface area contributed by atoms with Crippen LogP contribution in [0.3, 0.4) is 0 Å². The van der Waals surface area contributed by atoms with Crippen molar-refractivity contribution >= 4 is 0 Å². The van der Waals surface area contributed by atoms with Gasteiger partial charge in [0.05, 0.1) is 6.10 Å². The minimum absolute atomic E-state index is 0.152. The Morgan fingerprint density at radius 3 is 2.32 bits per heavy atom. The van der Waals surface area contributed by atoms with E-state index < -0.39 is 0 Å². The van der Waals surface area contributed by atoms with Gasteiger partial charge in [0.2, 0.25) is 0 Å². The second-order valence-electron chi connectivity index (χ2n) is 9.07. The number of aliphatic hydroxyl groups excluding tert-OH is 1. The van der Waals surface area contributed by atoms with E-state index in [1.807, 2.05) is 13.8 Å². The van der Waals surface area contributed by atoms with Gasteiger partial charge >= 0.3 is 0 Å². The average molecular weight is 394 g/mol. The van der Waals surface area contributed by atoms with Crippen molar-refractivity contribution in [1.29, 1.82) is 0 Å². The zero-order valence-electron chi connectivity index (χ0n) is 18.7. The summed E-state index contributed by atoms with van der Waals surface area (Å²) in [6.07, 6.45) is 14.4. The van der Waals surface area contributed by atoms with Gasteiger partial charge in [-0.05, 0) is 83.5 Å². The minimum atomic E-state index is -0.386. The number of halogens is 1. The van der Waals surface area contributed by atoms with E-state index in [4.69, 9.17) is 5.73 Å². The van der Waals surface area contributed by atoms with Gasteiger partial charge in [0.1, 0.15) is 6.67 Å². The lowest BCUT2D eigenvalue weighted by molar-refractivity contribution is 0.130. The standard InChI is InChI=1S/C25H44FNO/c1-6-22(24-13-11-23(12-14-24)20(5)28)17-25(19(4)27)10-9-21(15-16-26)8-7-18(2)3/h11,13,15,19-20,22-25,28H,2,6-10,12,14,16-17,27H2,1,3-5H3/b21-15+/t19-,20+,22+,23-,24+,25?/m1/s1. The molecule has 0 aromatic heterocycles. The summed E-state index contributed by atoms with van der Waals surface area (Å²) in [5.41, 5.74) is 8.72. The van der Waals surface area contributed by atoms with Crippen LogP contribution in [0.25, 0.3) is 0 Å². The third-order valence-electron chi connectivity index (χ3n) is 6.61. The number of nitrogens with two attached hydrogens (primary N) is 1. The fourth-order valence-corrected chi connectivity index (χ4v) is 4.47. The van der Waals surface area contributed by atoms with Gasteiger partial charge in [-0.15, -0.1) is 6.58 Å². The maximum Gasteiger partial charge on any atom is 0.108 e. The molecule has 0 amide bonds. The van der Waals surface area contributed by atoms with Gasteiger partial charge in [-0.3, -0.25) is 0 Å². The predicted octanol–water partition coefficient (Wildman–Crippen LogP) is 6.36. The highest BCUT2D eigenvalue weighted by atomic mass is 19.1. The lowest BCUT2D eigenvalue weighted by Crippen LogP contribution is -2.31. The Labute approximate surface area is 173 Å². The molecule has 0 bridgehead atoms. The zero-order valence-corrected chi connectivity index (χ0v) is 18.7. The molecule has 0 heterocycles. The second-order valence-corrected chi connectivity index (χ2v) is 9.07. The third-order valence-corrected chi connectivity index (χ3v) is 6.61. The fraction of sp³-hybridized carbons (Fsp3) is 0.760. The Morgan fingerprint density at radius 1 is 1.21 bits per heavy atom. The van der Waals surface area contributed by atoms with Crippen molar-refractivity contribution in [2.24, 2.45) is 29.4 Å². The number of aliphatic hydroxyl groups is 1. The van der Waals surface area contributed by atoms with Crippen LogP contribution in [0.5, 0.6) is 0 Å². The topological polar surface area (TPSA) is 46.2 Å². The molecule has 0 saturated carbocycles. The Morgan fingerprint density at radius 2 is 1.86 bits per heavy atom. The van der Waals surface area contributed by atoms with Crippen LogP contribution < -0.4 is 5.73 Å². The zero-order chi connectivity index (χ0) is 21.1. The smallest absolute Gasteiger partial charge is 0.108 e. The van der Waals surface area contributed by atoms with Crippen molar-refractivity contribution in [2.45, 2.75) is 91.2 Å². The number of alkyl halides is 1. The van der Waals surface area contributed by atoms with Gasteiger partial charge in [0.25, 0.3) is 0 Å². The molecular weight excluding hydrogens is 349 g/mol. The summed E-state index contributed by atoms with van der Waals surface area (Å²) in [4.78, 5) is 0. The highest BCUT2D eigenvalue weighted by Crippen LogP contribution is 2.36. The first-order chi connectivity index (χ1) is 13.3. The highest BCUT2D eigenvalue weighted by Gasteiger charge is 2.27. The first kappa shape index (κ1) is 25.1. The maximum absolute atomic E-state index is 12.9. The summed E-state index contributed by atoms with van der Waals surface area (Å²) in [6, 6.07) is 0.152. The molecule has 0 radical (unpaired) electrons. The molecule has 0 aliphatic heterocycles. The van der Waals surface area contributed by atoms with E-state index >= 15 is 0 Å². The van der Waals surface area contributed by atoms with Gasteiger partial charge in [-0.25, -0.2) is 4.39 Å². The Kier molecular flexibility index (Phi) is 11.9. The van der Waals surface area contributed by atoms with E-state index in [1.54, 1.807) is 6.08 Å². The molecule has 1 rings (SSSR count). The van der Waals surface area contributed by atoms with Crippen molar-refractivity contribution in [2.75, 3.05) is 6.67 Å². The largest absolute Gasteiger partial charge is 0.393 e. The van der Waals surface area contributed by atoms with Crippen LogP contribution in [-0.4, -0.2) is 23.9 Å². The molecule has 0 spiro atoms. The van der Waals surface area contributed by atoms with Gasteiger partial charge in [-0.2, -0.15) is 0 Å². The van der Waals surface area contributed by atoms with Crippen LogP contribution in [-0.2, 0) is 0 Å². The summed E-state index contributed by atoms with van der Waals surface area (Å²) < 4.78 is 12.9. The molecular formula is C25H44FNO. The molecule has 0 aromatic carbocycles. The van der Waals surface area contributed by atoms with Crippen LogP contribution in [0.15, 0.2) is 36.0 Å². The van der Waals surface area contributed by atoms with Gasteiger partial charge in [0, 0.05) is 12.0 Å². The molecule has 0 aromatic rings.